The molecule has 0 atom stereocenters. The molecule has 0 radical (unpaired) electrons. The Bertz CT molecular complexity index is 1080. The number of nitrogens with zero attached hydrogens (tertiary/aromatic N) is 4. The van der Waals surface area contributed by atoms with Crippen LogP contribution in [0.2, 0.25) is 10.2 Å². The quantitative estimate of drug-likeness (QED) is 0.646. The lowest BCUT2D eigenvalue weighted by Gasteiger charge is -2.08. The summed E-state index contributed by atoms with van der Waals surface area (Å²) in [4.78, 5) is 12.2. The van der Waals surface area contributed by atoms with E-state index in [1.165, 1.54) is 47.3 Å². The Morgan fingerprint density at radius 2 is 1.78 bits per heavy atom. The summed E-state index contributed by atoms with van der Waals surface area (Å²) in [5, 5.41) is 14.1. The molecule has 9 nitrogen and oxygen atoms in total. The second-order valence-corrected chi connectivity index (χ2v) is 7.80. The lowest BCUT2D eigenvalue weighted by atomic mass is 10.3. The van der Waals surface area contributed by atoms with Gasteiger partial charge in [0, 0.05) is 18.9 Å². The molecule has 2 N–H and O–H groups in total. The van der Waals surface area contributed by atoms with Gasteiger partial charge in [0.25, 0.3) is 15.9 Å². The van der Waals surface area contributed by atoms with Gasteiger partial charge in [0.15, 0.2) is 16.7 Å². The van der Waals surface area contributed by atoms with Crippen molar-refractivity contribution < 1.29 is 13.2 Å². The average molecular weight is 427 g/mol. The van der Waals surface area contributed by atoms with Crippen molar-refractivity contribution in [3.8, 4) is 0 Å². The first-order valence-corrected chi connectivity index (χ1v) is 9.61. The summed E-state index contributed by atoms with van der Waals surface area (Å²) < 4.78 is 28.4. The zero-order valence-electron chi connectivity index (χ0n) is 13.7. The van der Waals surface area contributed by atoms with Gasteiger partial charge in [-0.1, -0.05) is 23.2 Å². The number of aryl methyl sites for hydroxylation is 1. The second-order valence-electron chi connectivity index (χ2n) is 5.32. The van der Waals surface area contributed by atoms with Crippen molar-refractivity contribution in [3.63, 3.8) is 0 Å². The van der Waals surface area contributed by atoms with Crippen molar-refractivity contribution >= 4 is 50.6 Å². The molecule has 0 fully saturated rings. The van der Waals surface area contributed by atoms with Crippen LogP contribution >= 0.6 is 23.2 Å². The molecule has 1 aromatic carbocycles. The van der Waals surface area contributed by atoms with Gasteiger partial charge in [-0.15, -0.1) is 10.2 Å². The predicted molar refractivity (Wildman–Crippen MR) is 100 cm³/mol. The number of carbonyl (C=O) groups is 1. The molecule has 0 saturated carbocycles. The molecule has 1 amide bonds. The molecule has 2 heterocycles. The van der Waals surface area contributed by atoms with E-state index in [-0.39, 0.29) is 26.6 Å². The lowest BCUT2D eigenvalue weighted by molar-refractivity contribution is 0.102. The first-order valence-electron chi connectivity index (χ1n) is 7.37. The van der Waals surface area contributed by atoms with Crippen LogP contribution in [-0.4, -0.2) is 34.3 Å². The van der Waals surface area contributed by atoms with E-state index in [1.807, 2.05) is 0 Å². The van der Waals surface area contributed by atoms with E-state index < -0.39 is 15.9 Å². The predicted octanol–water partition coefficient (Wildman–Crippen LogP) is 2.57. The molecule has 27 heavy (non-hydrogen) atoms. The number of amides is 1. The summed E-state index contributed by atoms with van der Waals surface area (Å²) in [6.07, 6.45) is 1.50. The van der Waals surface area contributed by atoms with Gasteiger partial charge in [-0.25, -0.2) is 8.42 Å². The van der Waals surface area contributed by atoms with Gasteiger partial charge in [0.1, 0.15) is 0 Å². The maximum atomic E-state index is 12.4. The third kappa shape index (κ3) is 4.54. The highest BCUT2D eigenvalue weighted by atomic mass is 35.5. The van der Waals surface area contributed by atoms with Crippen LogP contribution in [-0.2, 0) is 17.1 Å². The number of hydrogen-bond donors (Lipinski definition) is 2. The molecular formula is C15H12Cl2N6O3S. The van der Waals surface area contributed by atoms with Gasteiger partial charge >= 0.3 is 0 Å². The largest absolute Gasteiger partial charge is 0.321 e. The van der Waals surface area contributed by atoms with E-state index in [0.717, 1.165) is 0 Å². The monoisotopic (exact) mass is 426 g/mol. The number of halogens is 2. The number of nitrogens with one attached hydrogen (secondary N) is 2. The maximum absolute atomic E-state index is 12.4. The first-order chi connectivity index (χ1) is 12.7. The molecule has 0 aliphatic rings. The SMILES string of the molecule is Cn1cc(Cl)c(C(=O)Nc2ccc(S(=O)(=O)Nc3ccc(Cl)nn3)cc2)n1. The molecule has 0 spiro atoms. The van der Waals surface area contributed by atoms with E-state index in [2.05, 4.69) is 25.3 Å². The van der Waals surface area contributed by atoms with E-state index in [1.54, 1.807) is 7.05 Å². The van der Waals surface area contributed by atoms with Crippen molar-refractivity contribution in [1.29, 1.82) is 0 Å². The summed E-state index contributed by atoms with van der Waals surface area (Å²) >= 11 is 11.5. The number of rotatable bonds is 5. The fourth-order valence-corrected chi connectivity index (χ4v) is 3.45. The topological polar surface area (TPSA) is 119 Å². The van der Waals surface area contributed by atoms with Gasteiger partial charge in [0.2, 0.25) is 0 Å². The maximum Gasteiger partial charge on any atom is 0.277 e. The fourth-order valence-electron chi connectivity index (χ4n) is 2.09. The molecule has 0 saturated heterocycles. The highest BCUT2D eigenvalue weighted by Gasteiger charge is 2.17. The Labute approximate surface area is 164 Å². The zero-order valence-corrected chi connectivity index (χ0v) is 16.0. The smallest absolute Gasteiger partial charge is 0.277 e. The number of hydrogen-bond acceptors (Lipinski definition) is 6. The van der Waals surface area contributed by atoms with Crippen molar-refractivity contribution in [2.75, 3.05) is 10.0 Å². The van der Waals surface area contributed by atoms with E-state index in [0.29, 0.717) is 5.69 Å². The first kappa shape index (κ1) is 19.1. The number of sulfonamides is 1. The van der Waals surface area contributed by atoms with E-state index in [4.69, 9.17) is 23.2 Å². The summed E-state index contributed by atoms with van der Waals surface area (Å²) in [5.74, 6) is -0.479. The van der Waals surface area contributed by atoms with Crippen LogP contribution < -0.4 is 10.0 Å². The number of anilines is 2. The van der Waals surface area contributed by atoms with E-state index in [9.17, 15) is 13.2 Å². The van der Waals surface area contributed by atoms with Gasteiger partial charge in [-0.3, -0.25) is 14.2 Å². The third-order valence-electron chi connectivity index (χ3n) is 3.29. The Morgan fingerprint density at radius 3 is 2.33 bits per heavy atom. The van der Waals surface area contributed by atoms with Crippen LogP contribution in [0.3, 0.4) is 0 Å². The van der Waals surface area contributed by atoms with Crippen LogP contribution in [0, 0.1) is 0 Å². The molecule has 0 aliphatic carbocycles. The summed E-state index contributed by atoms with van der Waals surface area (Å²) in [7, 11) is -2.23. The normalized spacial score (nSPS) is 11.2. The van der Waals surface area contributed by atoms with Crippen LogP contribution in [0.5, 0.6) is 0 Å². The fraction of sp³-hybridized carbons (Fsp3) is 0.0667. The summed E-state index contributed by atoms with van der Waals surface area (Å²) in [6.45, 7) is 0. The number of aromatic nitrogens is 4. The van der Waals surface area contributed by atoms with Gasteiger partial charge in [-0.05, 0) is 36.4 Å². The highest BCUT2D eigenvalue weighted by molar-refractivity contribution is 7.92. The minimum absolute atomic E-state index is 0.0203. The van der Waals surface area contributed by atoms with Crippen LogP contribution in [0.15, 0.2) is 47.5 Å². The molecule has 0 bridgehead atoms. The van der Waals surface area contributed by atoms with Crippen molar-refractivity contribution in [2.24, 2.45) is 7.05 Å². The molecule has 0 unspecified atom stereocenters. The van der Waals surface area contributed by atoms with Gasteiger partial charge in [-0.2, -0.15) is 5.10 Å². The molecular weight excluding hydrogens is 415 g/mol. The molecule has 12 heteroatoms. The minimum atomic E-state index is -3.87. The Hall–Kier alpha value is -2.69. The molecule has 3 rings (SSSR count). The Morgan fingerprint density at radius 1 is 1.07 bits per heavy atom. The Balaban J connectivity index is 1.73. The number of carbonyl (C=O) groups excluding carboxylic acids is 1. The molecule has 0 aliphatic heterocycles. The van der Waals surface area contributed by atoms with Gasteiger partial charge < -0.3 is 5.32 Å². The third-order valence-corrected chi connectivity index (χ3v) is 5.14. The van der Waals surface area contributed by atoms with Crippen LogP contribution in [0.25, 0.3) is 0 Å². The van der Waals surface area contributed by atoms with Crippen molar-refractivity contribution in [2.45, 2.75) is 4.90 Å². The Kier molecular flexibility index (Phi) is 5.31. The lowest BCUT2D eigenvalue weighted by Crippen LogP contribution is -2.15. The molecule has 140 valence electrons. The van der Waals surface area contributed by atoms with Crippen molar-refractivity contribution in [1.82, 2.24) is 20.0 Å². The van der Waals surface area contributed by atoms with Gasteiger partial charge in [0.05, 0.1) is 9.92 Å². The van der Waals surface area contributed by atoms with Crippen LogP contribution in [0.4, 0.5) is 11.5 Å². The zero-order chi connectivity index (χ0) is 19.6. The standard InChI is InChI=1S/C15H12Cl2N6O3S/c1-23-8-11(16)14(21-23)15(24)18-9-2-4-10(5-3-9)27(25,26)22-13-7-6-12(17)19-20-13/h2-8H,1H3,(H,18,24)(H,20,22). The summed E-state index contributed by atoms with van der Waals surface area (Å²) in [6, 6.07) is 8.35. The average Bonchev–Trinajstić information content (AvgIpc) is 2.96. The summed E-state index contributed by atoms with van der Waals surface area (Å²) in [5.41, 5.74) is 0.450. The second kappa shape index (κ2) is 7.51. The van der Waals surface area contributed by atoms with Crippen molar-refractivity contribution in [3.05, 3.63) is 58.5 Å². The van der Waals surface area contributed by atoms with E-state index >= 15 is 0 Å². The van der Waals surface area contributed by atoms with Crippen LogP contribution in [0.1, 0.15) is 10.5 Å². The minimum Gasteiger partial charge on any atom is -0.321 e. The molecule has 3 aromatic rings. The highest BCUT2D eigenvalue weighted by Crippen LogP contribution is 2.19. The number of benzene rings is 1. The molecule has 2 aromatic heterocycles.